The van der Waals surface area contributed by atoms with Crippen molar-refractivity contribution in [3.63, 3.8) is 0 Å². The number of fused-ring (bicyclic) bond motifs is 1. The molecule has 2 aromatic heterocycles. The second-order valence-corrected chi connectivity index (χ2v) is 4.72. The Kier molecular flexibility index (Phi) is 4.16. The number of methoxy groups -OCH3 is 1. The van der Waals surface area contributed by atoms with Crippen molar-refractivity contribution in [1.82, 2.24) is 14.3 Å². The summed E-state index contributed by atoms with van der Waals surface area (Å²) in [7, 11) is 3.38. The van der Waals surface area contributed by atoms with E-state index in [9.17, 15) is 4.79 Å². The Morgan fingerprint density at radius 2 is 2.32 bits per heavy atom. The number of hydrogen-bond acceptors (Lipinski definition) is 4. The Hall–Kier alpha value is -1.88. The summed E-state index contributed by atoms with van der Waals surface area (Å²) in [5.41, 5.74) is 3.14. The van der Waals surface area contributed by atoms with Crippen molar-refractivity contribution in [2.24, 2.45) is 0 Å². The van der Waals surface area contributed by atoms with Gasteiger partial charge in [0.05, 0.1) is 19.2 Å². The van der Waals surface area contributed by atoms with E-state index in [-0.39, 0.29) is 5.97 Å². The van der Waals surface area contributed by atoms with Gasteiger partial charge in [0, 0.05) is 25.5 Å². The fraction of sp³-hybridized carbons (Fsp3) is 0.429. The molecule has 0 saturated heterocycles. The summed E-state index contributed by atoms with van der Waals surface area (Å²) in [6.45, 7) is 3.44. The molecule has 19 heavy (non-hydrogen) atoms. The van der Waals surface area contributed by atoms with Gasteiger partial charge in [0.25, 0.3) is 0 Å². The van der Waals surface area contributed by atoms with E-state index >= 15 is 0 Å². The van der Waals surface area contributed by atoms with Crippen LogP contribution in [0.2, 0.25) is 0 Å². The number of hydrogen-bond donors (Lipinski definition) is 0. The number of rotatable bonds is 5. The SMILES string of the molecule is COC(=O)CCN(C)Cc1cn2cccc(C)c2n1. The third-order valence-corrected chi connectivity index (χ3v) is 3.09. The quantitative estimate of drug-likeness (QED) is 0.768. The van der Waals surface area contributed by atoms with Crippen LogP contribution in [0, 0.1) is 6.92 Å². The number of carbonyl (C=O) groups is 1. The molecule has 0 saturated carbocycles. The molecule has 0 aliphatic rings. The summed E-state index contributed by atoms with van der Waals surface area (Å²) >= 11 is 0. The van der Waals surface area contributed by atoms with Crippen LogP contribution < -0.4 is 0 Å². The molecule has 0 radical (unpaired) electrons. The molecular weight excluding hydrogens is 242 g/mol. The van der Waals surface area contributed by atoms with Crippen LogP contribution >= 0.6 is 0 Å². The molecule has 0 spiro atoms. The van der Waals surface area contributed by atoms with Gasteiger partial charge in [0.1, 0.15) is 5.65 Å². The number of esters is 1. The number of pyridine rings is 1. The highest BCUT2D eigenvalue weighted by molar-refractivity contribution is 5.69. The van der Waals surface area contributed by atoms with E-state index in [1.165, 1.54) is 7.11 Å². The summed E-state index contributed by atoms with van der Waals surface area (Å²) in [6, 6.07) is 4.06. The number of imidazole rings is 1. The Bertz CT molecular complexity index is 577. The van der Waals surface area contributed by atoms with Crippen molar-refractivity contribution in [2.75, 3.05) is 20.7 Å². The molecule has 0 aliphatic heterocycles. The summed E-state index contributed by atoms with van der Waals surface area (Å²) in [6.07, 6.45) is 4.42. The van der Waals surface area contributed by atoms with E-state index < -0.39 is 0 Å². The monoisotopic (exact) mass is 261 g/mol. The van der Waals surface area contributed by atoms with Gasteiger partial charge in [0.2, 0.25) is 0 Å². The van der Waals surface area contributed by atoms with Crippen molar-refractivity contribution in [2.45, 2.75) is 19.9 Å². The molecule has 0 aliphatic carbocycles. The van der Waals surface area contributed by atoms with E-state index in [1.807, 2.05) is 42.9 Å². The molecule has 0 N–H and O–H groups in total. The summed E-state index contributed by atoms with van der Waals surface area (Å²) < 4.78 is 6.66. The zero-order valence-electron chi connectivity index (χ0n) is 11.6. The van der Waals surface area contributed by atoms with E-state index in [1.54, 1.807) is 0 Å². The van der Waals surface area contributed by atoms with Crippen molar-refractivity contribution >= 4 is 11.6 Å². The highest BCUT2D eigenvalue weighted by Crippen LogP contribution is 2.11. The molecule has 0 amide bonds. The van der Waals surface area contributed by atoms with Crippen LogP contribution in [0.15, 0.2) is 24.5 Å². The van der Waals surface area contributed by atoms with Gasteiger partial charge >= 0.3 is 5.97 Å². The van der Waals surface area contributed by atoms with Gasteiger partial charge in [-0.2, -0.15) is 0 Å². The van der Waals surface area contributed by atoms with Crippen LogP contribution in [0.4, 0.5) is 0 Å². The van der Waals surface area contributed by atoms with Crippen molar-refractivity contribution in [3.8, 4) is 0 Å². The minimum Gasteiger partial charge on any atom is -0.469 e. The summed E-state index contributed by atoms with van der Waals surface area (Å²) in [4.78, 5) is 17.8. The van der Waals surface area contributed by atoms with Gasteiger partial charge in [-0.05, 0) is 25.6 Å². The normalized spacial score (nSPS) is 11.2. The first-order valence-electron chi connectivity index (χ1n) is 6.28. The van der Waals surface area contributed by atoms with Crippen molar-refractivity contribution in [3.05, 3.63) is 35.8 Å². The summed E-state index contributed by atoms with van der Waals surface area (Å²) in [5, 5.41) is 0. The number of ether oxygens (including phenoxy) is 1. The van der Waals surface area contributed by atoms with Crippen molar-refractivity contribution < 1.29 is 9.53 Å². The average molecular weight is 261 g/mol. The minimum atomic E-state index is -0.183. The van der Waals surface area contributed by atoms with Gasteiger partial charge in [-0.1, -0.05) is 6.07 Å². The topological polar surface area (TPSA) is 46.8 Å². The minimum absolute atomic E-state index is 0.183. The van der Waals surface area contributed by atoms with Gasteiger partial charge < -0.3 is 9.14 Å². The van der Waals surface area contributed by atoms with E-state index in [0.29, 0.717) is 13.0 Å². The van der Waals surface area contributed by atoms with E-state index in [2.05, 4.69) is 14.6 Å². The maximum Gasteiger partial charge on any atom is 0.306 e. The van der Waals surface area contributed by atoms with Crippen LogP contribution in [0.25, 0.3) is 5.65 Å². The lowest BCUT2D eigenvalue weighted by molar-refractivity contribution is -0.140. The Labute approximate surface area is 112 Å². The molecule has 2 rings (SSSR count). The largest absolute Gasteiger partial charge is 0.469 e. The third kappa shape index (κ3) is 3.32. The summed E-state index contributed by atoms with van der Waals surface area (Å²) in [5.74, 6) is -0.183. The fourth-order valence-electron chi connectivity index (χ4n) is 2.02. The number of aryl methyl sites for hydroxylation is 1. The Balaban J connectivity index is 2.01. The number of nitrogens with zero attached hydrogens (tertiary/aromatic N) is 3. The zero-order chi connectivity index (χ0) is 13.8. The maximum absolute atomic E-state index is 11.1. The molecule has 5 nitrogen and oxygen atoms in total. The lowest BCUT2D eigenvalue weighted by Gasteiger charge is -2.13. The van der Waals surface area contributed by atoms with E-state index in [4.69, 9.17) is 0 Å². The second-order valence-electron chi connectivity index (χ2n) is 4.72. The molecule has 2 heterocycles. The first-order chi connectivity index (χ1) is 9.10. The molecule has 0 unspecified atom stereocenters. The lowest BCUT2D eigenvalue weighted by atomic mass is 10.3. The third-order valence-electron chi connectivity index (χ3n) is 3.09. The molecule has 0 atom stereocenters. The molecule has 5 heteroatoms. The first kappa shape index (κ1) is 13.5. The molecule has 102 valence electrons. The smallest absolute Gasteiger partial charge is 0.306 e. The van der Waals surface area contributed by atoms with Crippen LogP contribution in [-0.2, 0) is 16.1 Å². The van der Waals surface area contributed by atoms with Crippen LogP contribution in [0.3, 0.4) is 0 Å². The van der Waals surface area contributed by atoms with Gasteiger partial charge in [-0.15, -0.1) is 0 Å². The molecule has 0 fully saturated rings. The van der Waals surface area contributed by atoms with E-state index in [0.717, 1.165) is 23.4 Å². The number of carbonyl (C=O) groups excluding carboxylic acids is 1. The van der Waals surface area contributed by atoms with Crippen molar-refractivity contribution in [1.29, 1.82) is 0 Å². The average Bonchev–Trinajstić information content (AvgIpc) is 2.80. The fourth-order valence-corrected chi connectivity index (χ4v) is 2.02. The maximum atomic E-state index is 11.1. The van der Waals surface area contributed by atoms with Crippen LogP contribution in [-0.4, -0.2) is 41.0 Å². The molecule has 0 aromatic carbocycles. The van der Waals surface area contributed by atoms with Crippen LogP contribution in [0.5, 0.6) is 0 Å². The van der Waals surface area contributed by atoms with Crippen LogP contribution in [0.1, 0.15) is 17.7 Å². The molecule has 2 aromatic rings. The predicted molar refractivity (Wildman–Crippen MR) is 72.9 cm³/mol. The first-order valence-corrected chi connectivity index (χ1v) is 6.28. The molecular formula is C14H19N3O2. The van der Waals surface area contributed by atoms with Gasteiger partial charge in [-0.25, -0.2) is 4.98 Å². The Morgan fingerprint density at radius 3 is 3.00 bits per heavy atom. The number of aromatic nitrogens is 2. The lowest BCUT2D eigenvalue weighted by Crippen LogP contribution is -2.22. The standard InChI is InChI=1S/C14H19N3O2/c1-11-5-4-7-17-10-12(15-14(11)17)9-16(2)8-6-13(18)19-3/h4-5,7,10H,6,8-9H2,1-3H3. The highest BCUT2D eigenvalue weighted by atomic mass is 16.5. The predicted octanol–water partition coefficient (Wildman–Crippen LogP) is 1.64. The Morgan fingerprint density at radius 1 is 1.53 bits per heavy atom. The second kappa shape index (κ2) is 5.84. The van der Waals surface area contributed by atoms with Gasteiger partial charge in [0.15, 0.2) is 0 Å². The molecule has 0 bridgehead atoms. The van der Waals surface area contributed by atoms with Gasteiger partial charge in [-0.3, -0.25) is 9.69 Å². The zero-order valence-corrected chi connectivity index (χ0v) is 11.6. The highest BCUT2D eigenvalue weighted by Gasteiger charge is 2.08.